The molecule has 0 radical (unpaired) electrons. The lowest BCUT2D eigenvalue weighted by Gasteiger charge is -2.25. The molecule has 0 atom stereocenters. The topological polar surface area (TPSA) is 66.9 Å². The fraction of sp³-hybridized carbons (Fsp3) is 0.269. The minimum Gasteiger partial charge on any atom is -0.496 e. The van der Waals surface area contributed by atoms with Gasteiger partial charge >= 0.3 is 0 Å². The molecule has 0 N–H and O–H groups in total. The lowest BCUT2D eigenvalue weighted by Crippen LogP contribution is -2.34. The van der Waals surface area contributed by atoms with Gasteiger partial charge in [-0.25, -0.2) is 12.8 Å². The van der Waals surface area contributed by atoms with Gasteiger partial charge in [0.05, 0.1) is 23.3 Å². The van der Waals surface area contributed by atoms with E-state index < -0.39 is 10.0 Å². The summed E-state index contributed by atoms with van der Waals surface area (Å²) in [5.41, 5.74) is 2.20. The zero-order chi connectivity index (χ0) is 23.9. The molecule has 176 valence electrons. The first-order chi connectivity index (χ1) is 16.4. The van der Waals surface area contributed by atoms with Crippen LogP contribution in [0.5, 0.6) is 5.75 Å². The molecule has 3 aromatic rings. The summed E-state index contributed by atoms with van der Waals surface area (Å²) >= 11 is 0. The van der Waals surface area contributed by atoms with Gasteiger partial charge in [0.2, 0.25) is 0 Å². The largest absolute Gasteiger partial charge is 0.496 e. The molecular weight excluding hydrogens is 455 g/mol. The second-order valence-electron chi connectivity index (χ2n) is 8.57. The van der Waals surface area contributed by atoms with Crippen LogP contribution >= 0.6 is 0 Å². The van der Waals surface area contributed by atoms with Crippen molar-refractivity contribution in [2.75, 3.05) is 18.0 Å². The van der Waals surface area contributed by atoms with Crippen molar-refractivity contribution < 1.29 is 22.3 Å². The summed E-state index contributed by atoms with van der Waals surface area (Å²) in [6.07, 6.45) is 2.28. The Bertz CT molecular complexity index is 1350. The number of nitrogens with zero attached hydrogens (tertiary/aromatic N) is 2. The summed E-state index contributed by atoms with van der Waals surface area (Å²) < 4.78 is 48.2. The second kappa shape index (κ2) is 8.76. The highest BCUT2D eigenvalue weighted by atomic mass is 32.2. The molecule has 0 spiro atoms. The van der Waals surface area contributed by atoms with Gasteiger partial charge < -0.3 is 9.64 Å². The number of para-hydroxylation sites is 1. The van der Waals surface area contributed by atoms with E-state index >= 15 is 0 Å². The molecule has 1 aliphatic heterocycles. The molecule has 6 nitrogen and oxygen atoms in total. The SMILES string of the molecule is COc1ccc(S(=O)(=O)N2CCc3ccccc32)cc1C(=O)N(Cc1ccccc1F)C1CC1. The van der Waals surface area contributed by atoms with E-state index in [4.69, 9.17) is 4.74 Å². The van der Waals surface area contributed by atoms with E-state index in [2.05, 4.69) is 0 Å². The summed E-state index contributed by atoms with van der Waals surface area (Å²) in [6, 6.07) is 18.1. The van der Waals surface area contributed by atoms with Crippen molar-refractivity contribution in [3.05, 3.63) is 89.2 Å². The Kier molecular flexibility index (Phi) is 5.77. The van der Waals surface area contributed by atoms with Crippen LogP contribution in [0, 0.1) is 5.82 Å². The molecular formula is C26H25FN2O4S. The number of hydrogen-bond acceptors (Lipinski definition) is 4. The van der Waals surface area contributed by atoms with Crippen LogP contribution < -0.4 is 9.04 Å². The fourth-order valence-electron chi connectivity index (χ4n) is 4.42. The zero-order valence-electron chi connectivity index (χ0n) is 18.8. The van der Waals surface area contributed by atoms with E-state index in [0.717, 1.165) is 18.4 Å². The van der Waals surface area contributed by atoms with Crippen molar-refractivity contribution in [3.63, 3.8) is 0 Å². The van der Waals surface area contributed by atoms with Gasteiger partial charge in [-0.1, -0.05) is 36.4 Å². The number of sulfonamides is 1. The molecule has 0 aromatic heterocycles. The molecule has 1 saturated carbocycles. The zero-order valence-corrected chi connectivity index (χ0v) is 19.6. The average molecular weight is 481 g/mol. The van der Waals surface area contributed by atoms with Crippen LogP contribution in [-0.4, -0.2) is 38.9 Å². The average Bonchev–Trinajstić information content (AvgIpc) is 3.59. The summed E-state index contributed by atoms with van der Waals surface area (Å²) in [5, 5.41) is 0. The minimum absolute atomic E-state index is 0.0115. The highest BCUT2D eigenvalue weighted by Crippen LogP contribution is 2.36. The maximum Gasteiger partial charge on any atom is 0.264 e. The van der Waals surface area contributed by atoms with E-state index in [9.17, 15) is 17.6 Å². The predicted molar refractivity (Wildman–Crippen MR) is 127 cm³/mol. The normalized spacial score (nSPS) is 15.2. The molecule has 1 aliphatic carbocycles. The Morgan fingerprint density at radius 2 is 1.82 bits per heavy atom. The Morgan fingerprint density at radius 3 is 2.56 bits per heavy atom. The lowest BCUT2D eigenvalue weighted by molar-refractivity contribution is 0.0724. The monoisotopic (exact) mass is 480 g/mol. The molecule has 34 heavy (non-hydrogen) atoms. The molecule has 0 bridgehead atoms. The van der Waals surface area contributed by atoms with Crippen LogP contribution in [0.4, 0.5) is 10.1 Å². The van der Waals surface area contributed by atoms with Gasteiger partial charge in [0, 0.05) is 24.7 Å². The van der Waals surface area contributed by atoms with Crippen molar-refractivity contribution in [2.45, 2.75) is 36.7 Å². The molecule has 3 aromatic carbocycles. The van der Waals surface area contributed by atoms with Crippen molar-refractivity contribution in [1.29, 1.82) is 0 Å². The number of benzene rings is 3. The first-order valence-electron chi connectivity index (χ1n) is 11.2. The molecule has 2 aliphatic rings. The fourth-order valence-corrected chi connectivity index (χ4v) is 5.95. The summed E-state index contributed by atoms with van der Waals surface area (Å²) in [4.78, 5) is 15.3. The van der Waals surface area contributed by atoms with E-state index in [1.807, 2.05) is 18.2 Å². The first-order valence-corrected chi connectivity index (χ1v) is 12.7. The number of ether oxygens (including phenoxy) is 1. The number of carbonyl (C=O) groups is 1. The van der Waals surface area contributed by atoms with Crippen molar-refractivity contribution >= 4 is 21.6 Å². The molecule has 8 heteroatoms. The van der Waals surface area contributed by atoms with Gasteiger partial charge in [0.25, 0.3) is 15.9 Å². The van der Waals surface area contributed by atoms with Gasteiger partial charge in [-0.15, -0.1) is 0 Å². The van der Waals surface area contributed by atoms with E-state index in [0.29, 0.717) is 24.2 Å². The molecule has 1 fully saturated rings. The number of carbonyl (C=O) groups excluding carboxylic acids is 1. The first kappa shape index (κ1) is 22.4. The van der Waals surface area contributed by atoms with E-state index in [1.165, 1.54) is 35.7 Å². The Morgan fingerprint density at radius 1 is 1.09 bits per heavy atom. The molecule has 1 heterocycles. The van der Waals surface area contributed by atoms with Gasteiger partial charge in [-0.3, -0.25) is 9.10 Å². The second-order valence-corrected chi connectivity index (χ2v) is 10.4. The summed E-state index contributed by atoms with van der Waals surface area (Å²) in [7, 11) is -2.44. The number of halogens is 1. The summed E-state index contributed by atoms with van der Waals surface area (Å²) in [5.74, 6) is -0.469. The van der Waals surface area contributed by atoms with Gasteiger partial charge in [0.1, 0.15) is 11.6 Å². The number of amides is 1. The molecule has 0 saturated heterocycles. The van der Waals surface area contributed by atoms with Crippen LogP contribution in [-0.2, 0) is 23.0 Å². The third-order valence-electron chi connectivity index (χ3n) is 6.38. The Balaban J connectivity index is 1.51. The number of anilines is 1. The van der Waals surface area contributed by atoms with Crippen molar-refractivity contribution in [1.82, 2.24) is 4.90 Å². The van der Waals surface area contributed by atoms with Crippen molar-refractivity contribution in [3.8, 4) is 5.75 Å². The van der Waals surface area contributed by atoms with Gasteiger partial charge in [0.15, 0.2) is 0 Å². The third kappa shape index (κ3) is 4.03. The van der Waals surface area contributed by atoms with Gasteiger partial charge in [-0.05, 0) is 55.2 Å². The lowest BCUT2D eigenvalue weighted by atomic mass is 10.1. The van der Waals surface area contributed by atoms with Crippen molar-refractivity contribution in [2.24, 2.45) is 0 Å². The highest BCUT2D eigenvalue weighted by molar-refractivity contribution is 7.92. The van der Waals surface area contributed by atoms with Gasteiger partial charge in [-0.2, -0.15) is 0 Å². The number of hydrogen-bond donors (Lipinski definition) is 0. The number of methoxy groups -OCH3 is 1. The molecule has 0 unspecified atom stereocenters. The molecule has 1 amide bonds. The maximum absolute atomic E-state index is 14.3. The maximum atomic E-state index is 14.3. The Hall–Kier alpha value is -3.39. The van der Waals surface area contributed by atoms with Crippen LogP contribution in [0.1, 0.15) is 34.3 Å². The Labute approximate surface area is 198 Å². The minimum atomic E-state index is -3.88. The van der Waals surface area contributed by atoms with E-state index in [1.54, 1.807) is 29.2 Å². The number of fused-ring (bicyclic) bond motifs is 1. The standard InChI is InChI=1S/C26H25FN2O4S/c1-33-25-13-12-21(34(31,32)29-15-14-18-6-3-5-9-24(18)29)16-22(25)26(30)28(20-10-11-20)17-19-7-2-4-8-23(19)27/h2-9,12-13,16,20H,10-11,14-15,17H2,1H3. The van der Waals surface area contributed by atoms with Crippen LogP contribution in [0.15, 0.2) is 71.6 Å². The smallest absolute Gasteiger partial charge is 0.264 e. The molecule has 5 rings (SSSR count). The van der Waals surface area contributed by atoms with E-state index in [-0.39, 0.29) is 40.5 Å². The third-order valence-corrected chi connectivity index (χ3v) is 8.19. The quantitative estimate of drug-likeness (QED) is 0.503. The predicted octanol–water partition coefficient (Wildman–Crippen LogP) is 4.39. The summed E-state index contributed by atoms with van der Waals surface area (Å²) in [6.45, 7) is 0.453. The highest BCUT2D eigenvalue weighted by Gasteiger charge is 2.36. The van der Waals surface area contributed by atoms with Crippen LogP contribution in [0.2, 0.25) is 0 Å². The van der Waals surface area contributed by atoms with Crippen LogP contribution in [0.3, 0.4) is 0 Å². The van der Waals surface area contributed by atoms with Crippen LogP contribution in [0.25, 0.3) is 0 Å². The number of rotatable bonds is 7.